The van der Waals surface area contributed by atoms with Gasteiger partial charge in [0.2, 0.25) is 0 Å². The van der Waals surface area contributed by atoms with Crippen LogP contribution >= 0.6 is 11.6 Å². The predicted molar refractivity (Wildman–Crippen MR) is 113 cm³/mol. The summed E-state index contributed by atoms with van der Waals surface area (Å²) < 4.78 is 40.5. The Morgan fingerprint density at radius 2 is 1.52 bits per heavy atom. The number of amides is 1. The molecule has 0 aliphatic rings. The molecular weight excluding hydrogens is 415 g/mol. The van der Waals surface area contributed by atoms with Gasteiger partial charge in [-0.2, -0.15) is 0 Å². The number of aryl methyl sites for hydroxylation is 2. The standard InChI is InChI=1S/C21H18ClFN2O3S/c1-13-9-14(2)11-17(10-13)24-21(26)15-3-5-16(6-4-15)25-29(27,28)18-7-8-20(23)19(22)12-18/h3-12,25H,1-2H3,(H,24,26). The van der Waals surface area contributed by atoms with Crippen LogP contribution in [-0.4, -0.2) is 14.3 Å². The summed E-state index contributed by atoms with van der Waals surface area (Å²) in [5.41, 5.74) is 3.38. The van der Waals surface area contributed by atoms with Crippen LogP contribution in [0.2, 0.25) is 5.02 Å². The molecule has 0 radical (unpaired) electrons. The molecule has 1 amide bonds. The van der Waals surface area contributed by atoms with Crippen molar-refractivity contribution in [1.82, 2.24) is 0 Å². The first-order valence-electron chi connectivity index (χ1n) is 8.62. The van der Waals surface area contributed by atoms with Crippen LogP contribution in [0.15, 0.2) is 65.6 Å². The van der Waals surface area contributed by atoms with Gasteiger partial charge in [-0.1, -0.05) is 17.7 Å². The van der Waals surface area contributed by atoms with E-state index in [1.807, 2.05) is 32.0 Å². The lowest BCUT2D eigenvalue weighted by Crippen LogP contribution is -2.14. The Kier molecular flexibility index (Phi) is 5.91. The Morgan fingerprint density at radius 3 is 2.10 bits per heavy atom. The van der Waals surface area contributed by atoms with Crippen molar-refractivity contribution in [2.75, 3.05) is 10.0 Å². The van der Waals surface area contributed by atoms with Gasteiger partial charge in [0.25, 0.3) is 15.9 Å². The van der Waals surface area contributed by atoms with Crippen molar-refractivity contribution in [3.8, 4) is 0 Å². The average molecular weight is 433 g/mol. The van der Waals surface area contributed by atoms with E-state index in [0.717, 1.165) is 29.3 Å². The molecule has 0 atom stereocenters. The van der Waals surface area contributed by atoms with Crippen LogP contribution < -0.4 is 10.0 Å². The van der Waals surface area contributed by atoms with Crippen molar-refractivity contribution in [2.24, 2.45) is 0 Å². The fraction of sp³-hybridized carbons (Fsp3) is 0.0952. The SMILES string of the molecule is Cc1cc(C)cc(NC(=O)c2ccc(NS(=O)(=O)c3ccc(F)c(Cl)c3)cc2)c1. The number of benzene rings is 3. The summed E-state index contributed by atoms with van der Waals surface area (Å²) in [6.45, 7) is 3.88. The van der Waals surface area contributed by atoms with Gasteiger partial charge in [-0.3, -0.25) is 9.52 Å². The zero-order valence-corrected chi connectivity index (χ0v) is 17.2. The third-order valence-electron chi connectivity index (χ3n) is 4.08. The highest BCUT2D eigenvalue weighted by Gasteiger charge is 2.16. The second kappa shape index (κ2) is 8.23. The van der Waals surface area contributed by atoms with Crippen molar-refractivity contribution in [1.29, 1.82) is 0 Å². The lowest BCUT2D eigenvalue weighted by molar-refractivity contribution is 0.102. The minimum atomic E-state index is -3.95. The van der Waals surface area contributed by atoms with Gasteiger partial charge in [0.05, 0.1) is 9.92 Å². The normalized spacial score (nSPS) is 11.2. The number of hydrogen-bond acceptors (Lipinski definition) is 3. The molecule has 0 aromatic heterocycles. The van der Waals surface area contributed by atoms with E-state index >= 15 is 0 Å². The second-order valence-electron chi connectivity index (χ2n) is 6.59. The Balaban J connectivity index is 1.74. The summed E-state index contributed by atoms with van der Waals surface area (Å²) in [5.74, 6) is -1.01. The Morgan fingerprint density at radius 1 is 0.897 bits per heavy atom. The maximum atomic E-state index is 13.2. The van der Waals surface area contributed by atoms with E-state index in [2.05, 4.69) is 10.0 Å². The van der Waals surface area contributed by atoms with Crippen molar-refractivity contribution in [3.63, 3.8) is 0 Å². The predicted octanol–water partition coefficient (Wildman–Crippen LogP) is 5.15. The summed E-state index contributed by atoms with van der Waals surface area (Å²) in [6, 6.07) is 14.8. The average Bonchev–Trinajstić information content (AvgIpc) is 2.63. The van der Waals surface area contributed by atoms with Crippen LogP contribution in [0, 0.1) is 19.7 Å². The van der Waals surface area contributed by atoms with Crippen molar-refractivity contribution < 1.29 is 17.6 Å². The van der Waals surface area contributed by atoms with E-state index in [0.29, 0.717) is 11.3 Å². The fourth-order valence-electron chi connectivity index (χ4n) is 2.80. The van der Waals surface area contributed by atoms with Gasteiger partial charge in [0.1, 0.15) is 5.82 Å². The molecular formula is C21H18ClFN2O3S. The molecule has 0 saturated carbocycles. The molecule has 2 N–H and O–H groups in total. The van der Waals surface area contributed by atoms with E-state index in [1.54, 1.807) is 0 Å². The largest absolute Gasteiger partial charge is 0.322 e. The molecule has 3 rings (SSSR count). The molecule has 0 saturated heterocycles. The maximum Gasteiger partial charge on any atom is 0.261 e. The summed E-state index contributed by atoms with van der Waals surface area (Å²) in [4.78, 5) is 12.3. The van der Waals surface area contributed by atoms with Crippen LogP contribution in [0.1, 0.15) is 21.5 Å². The van der Waals surface area contributed by atoms with E-state index in [-0.39, 0.29) is 21.5 Å². The minimum Gasteiger partial charge on any atom is -0.322 e. The number of carbonyl (C=O) groups is 1. The van der Waals surface area contributed by atoms with E-state index in [1.165, 1.54) is 24.3 Å². The molecule has 150 valence electrons. The number of carbonyl (C=O) groups excluding carboxylic acids is 1. The summed E-state index contributed by atoms with van der Waals surface area (Å²) >= 11 is 5.65. The molecule has 3 aromatic rings. The third-order valence-corrected chi connectivity index (χ3v) is 5.75. The van der Waals surface area contributed by atoms with E-state index < -0.39 is 15.8 Å². The lowest BCUT2D eigenvalue weighted by Gasteiger charge is -2.10. The maximum absolute atomic E-state index is 13.2. The molecule has 0 heterocycles. The van der Waals surface area contributed by atoms with Gasteiger partial charge in [-0.15, -0.1) is 0 Å². The Labute approximate surface area is 173 Å². The van der Waals surface area contributed by atoms with Crippen LogP contribution in [-0.2, 0) is 10.0 Å². The first kappa shape index (κ1) is 20.8. The first-order valence-corrected chi connectivity index (χ1v) is 10.5. The molecule has 0 bridgehead atoms. The van der Waals surface area contributed by atoms with Crippen molar-refractivity contribution in [2.45, 2.75) is 18.7 Å². The number of sulfonamides is 1. The van der Waals surface area contributed by atoms with Crippen LogP contribution in [0.25, 0.3) is 0 Å². The van der Waals surface area contributed by atoms with Gasteiger partial charge in [-0.25, -0.2) is 12.8 Å². The monoisotopic (exact) mass is 432 g/mol. The molecule has 0 aliphatic carbocycles. The van der Waals surface area contributed by atoms with E-state index in [4.69, 9.17) is 11.6 Å². The number of hydrogen-bond donors (Lipinski definition) is 2. The molecule has 3 aromatic carbocycles. The van der Waals surface area contributed by atoms with Crippen molar-refractivity contribution >= 4 is 38.9 Å². The van der Waals surface area contributed by atoms with Gasteiger partial charge >= 0.3 is 0 Å². The molecule has 0 aliphatic heterocycles. The molecule has 0 fully saturated rings. The first-order chi connectivity index (χ1) is 13.6. The van der Waals surface area contributed by atoms with E-state index in [9.17, 15) is 17.6 Å². The van der Waals surface area contributed by atoms with Crippen LogP contribution in [0.4, 0.5) is 15.8 Å². The number of rotatable bonds is 5. The van der Waals surface area contributed by atoms with Gasteiger partial charge in [-0.05, 0) is 79.6 Å². The van der Waals surface area contributed by atoms with Gasteiger partial charge < -0.3 is 5.32 Å². The second-order valence-corrected chi connectivity index (χ2v) is 8.68. The summed E-state index contributed by atoms with van der Waals surface area (Å²) in [5, 5.41) is 2.53. The minimum absolute atomic E-state index is 0.166. The zero-order valence-electron chi connectivity index (χ0n) is 15.7. The molecule has 0 unspecified atom stereocenters. The topological polar surface area (TPSA) is 75.3 Å². The number of nitrogens with one attached hydrogen (secondary N) is 2. The Bertz CT molecular complexity index is 1160. The van der Waals surface area contributed by atoms with Gasteiger partial charge in [0, 0.05) is 16.9 Å². The highest BCUT2D eigenvalue weighted by atomic mass is 35.5. The fourth-order valence-corrected chi connectivity index (χ4v) is 4.13. The highest BCUT2D eigenvalue weighted by Crippen LogP contribution is 2.22. The number of halogens is 2. The zero-order chi connectivity index (χ0) is 21.2. The van der Waals surface area contributed by atoms with Crippen molar-refractivity contribution in [3.05, 3.63) is 88.2 Å². The number of anilines is 2. The summed E-state index contributed by atoms with van der Waals surface area (Å²) in [7, 11) is -3.95. The molecule has 29 heavy (non-hydrogen) atoms. The molecule has 8 heteroatoms. The van der Waals surface area contributed by atoms with Crippen LogP contribution in [0.3, 0.4) is 0 Å². The van der Waals surface area contributed by atoms with Crippen LogP contribution in [0.5, 0.6) is 0 Å². The smallest absolute Gasteiger partial charge is 0.261 e. The lowest BCUT2D eigenvalue weighted by atomic mass is 10.1. The molecule has 0 spiro atoms. The highest BCUT2D eigenvalue weighted by molar-refractivity contribution is 7.92. The van der Waals surface area contributed by atoms with Gasteiger partial charge in [0.15, 0.2) is 0 Å². The Hall–Kier alpha value is -2.90. The third kappa shape index (κ3) is 5.13. The summed E-state index contributed by atoms with van der Waals surface area (Å²) in [6.07, 6.45) is 0. The molecule has 5 nitrogen and oxygen atoms in total. The quantitative estimate of drug-likeness (QED) is 0.585.